The summed E-state index contributed by atoms with van der Waals surface area (Å²) in [4.78, 5) is 25.7. The number of carbonyl (C=O) groups is 2. The normalized spacial score (nSPS) is 10.9. The van der Waals surface area contributed by atoms with Crippen molar-refractivity contribution >= 4 is 23.6 Å². The number of hydrogen-bond donors (Lipinski definition) is 2. The van der Waals surface area contributed by atoms with Gasteiger partial charge in [0.15, 0.2) is 0 Å². The average Bonchev–Trinajstić information content (AvgIpc) is 2.79. The zero-order chi connectivity index (χ0) is 22.2. The number of benzene rings is 3. The summed E-state index contributed by atoms with van der Waals surface area (Å²) in [6.45, 7) is 1.90. The van der Waals surface area contributed by atoms with Gasteiger partial charge in [0.25, 0.3) is 11.8 Å². The molecule has 6 heteroatoms. The smallest absolute Gasteiger partial charge is 0.272 e. The number of carbonyl (C=O) groups excluding carboxylic acids is 2. The fraction of sp³-hybridized carbons (Fsp3) is 0.120. The molecule has 0 fully saturated rings. The van der Waals surface area contributed by atoms with E-state index in [1.54, 1.807) is 87.0 Å². The Morgan fingerprint density at radius 2 is 1.45 bits per heavy atom. The summed E-state index contributed by atoms with van der Waals surface area (Å²) in [7, 11) is 3.16. The zero-order valence-corrected chi connectivity index (χ0v) is 17.6. The first-order chi connectivity index (χ1) is 15.0. The van der Waals surface area contributed by atoms with Crippen LogP contribution in [0.2, 0.25) is 0 Å². The van der Waals surface area contributed by atoms with Gasteiger partial charge in [0.1, 0.15) is 17.2 Å². The van der Waals surface area contributed by atoms with Gasteiger partial charge in [-0.1, -0.05) is 29.8 Å². The minimum Gasteiger partial charge on any atom is -0.497 e. The molecule has 6 nitrogen and oxygen atoms in total. The van der Waals surface area contributed by atoms with Crippen LogP contribution in [0.4, 0.5) is 5.69 Å². The maximum Gasteiger partial charge on any atom is 0.272 e. The number of rotatable bonds is 7. The lowest BCUT2D eigenvalue weighted by Gasteiger charge is -2.12. The Hall–Kier alpha value is -4.06. The first-order valence-electron chi connectivity index (χ1n) is 9.67. The fourth-order valence-corrected chi connectivity index (χ4v) is 2.88. The van der Waals surface area contributed by atoms with Gasteiger partial charge in [-0.3, -0.25) is 9.59 Å². The van der Waals surface area contributed by atoms with Crippen LogP contribution in [0.15, 0.2) is 78.5 Å². The van der Waals surface area contributed by atoms with Crippen LogP contribution in [0.1, 0.15) is 21.5 Å². The van der Waals surface area contributed by atoms with E-state index in [1.165, 1.54) is 0 Å². The van der Waals surface area contributed by atoms with Gasteiger partial charge in [0, 0.05) is 11.3 Å². The van der Waals surface area contributed by atoms with Crippen LogP contribution in [-0.2, 0) is 4.79 Å². The van der Waals surface area contributed by atoms with Crippen molar-refractivity contribution in [1.29, 1.82) is 0 Å². The summed E-state index contributed by atoms with van der Waals surface area (Å²) in [6.07, 6.45) is 1.62. The number of hydrogen-bond acceptors (Lipinski definition) is 4. The summed E-state index contributed by atoms with van der Waals surface area (Å²) >= 11 is 0. The van der Waals surface area contributed by atoms with Crippen molar-refractivity contribution < 1.29 is 19.1 Å². The topological polar surface area (TPSA) is 76.7 Å². The number of aryl methyl sites for hydroxylation is 1. The third kappa shape index (κ3) is 5.96. The highest BCUT2D eigenvalue weighted by molar-refractivity contribution is 6.10. The Balaban J connectivity index is 1.87. The van der Waals surface area contributed by atoms with E-state index in [1.807, 2.05) is 13.0 Å². The molecule has 2 amide bonds. The first kappa shape index (κ1) is 21.6. The van der Waals surface area contributed by atoms with Gasteiger partial charge >= 0.3 is 0 Å². The lowest BCUT2D eigenvalue weighted by molar-refractivity contribution is -0.113. The van der Waals surface area contributed by atoms with Crippen molar-refractivity contribution in [3.05, 3.63) is 95.2 Å². The maximum absolute atomic E-state index is 13.0. The number of anilines is 1. The highest BCUT2D eigenvalue weighted by atomic mass is 16.5. The SMILES string of the molecule is COc1ccc(/C=C(\NC(=O)c2cccc(C)c2)C(=O)Nc2ccc(OC)cc2)cc1. The molecule has 0 atom stereocenters. The Morgan fingerprint density at radius 3 is 2.03 bits per heavy atom. The van der Waals surface area contributed by atoms with E-state index in [-0.39, 0.29) is 11.6 Å². The summed E-state index contributed by atoms with van der Waals surface area (Å²) in [6, 6.07) is 21.3. The summed E-state index contributed by atoms with van der Waals surface area (Å²) in [5.41, 5.74) is 2.86. The minimum atomic E-state index is -0.443. The monoisotopic (exact) mass is 416 g/mol. The third-order valence-electron chi connectivity index (χ3n) is 4.55. The molecule has 31 heavy (non-hydrogen) atoms. The number of methoxy groups -OCH3 is 2. The molecule has 0 saturated heterocycles. The molecule has 0 heterocycles. The second-order valence-electron chi connectivity index (χ2n) is 6.84. The quantitative estimate of drug-likeness (QED) is 0.559. The minimum absolute atomic E-state index is 0.118. The van der Waals surface area contributed by atoms with Gasteiger partial charge in [-0.15, -0.1) is 0 Å². The van der Waals surface area contributed by atoms with Crippen molar-refractivity contribution in [2.45, 2.75) is 6.92 Å². The average molecular weight is 416 g/mol. The molecule has 0 unspecified atom stereocenters. The van der Waals surface area contributed by atoms with Crippen molar-refractivity contribution in [2.75, 3.05) is 19.5 Å². The molecule has 0 radical (unpaired) electrons. The van der Waals surface area contributed by atoms with Gasteiger partial charge in [-0.2, -0.15) is 0 Å². The van der Waals surface area contributed by atoms with Gasteiger partial charge < -0.3 is 20.1 Å². The number of nitrogens with one attached hydrogen (secondary N) is 2. The van der Waals surface area contributed by atoms with Crippen LogP contribution >= 0.6 is 0 Å². The summed E-state index contributed by atoms with van der Waals surface area (Å²) in [5.74, 6) is 0.570. The molecule has 3 rings (SSSR count). The highest BCUT2D eigenvalue weighted by Gasteiger charge is 2.15. The third-order valence-corrected chi connectivity index (χ3v) is 4.55. The van der Waals surface area contributed by atoms with Gasteiger partial charge in [0.2, 0.25) is 0 Å². The molecule has 158 valence electrons. The first-order valence-corrected chi connectivity index (χ1v) is 9.67. The molecule has 0 aromatic heterocycles. The Labute approximate surface area is 181 Å². The van der Waals surface area contributed by atoms with Gasteiger partial charge in [-0.05, 0) is 67.1 Å². The second kappa shape index (κ2) is 10.1. The van der Waals surface area contributed by atoms with Crippen molar-refractivity contribution in [2.24, 2.45) is 0 Å². The molecule has 0 bridgehead atoms. The largest absolute Gasteiger partial charge is 0.497 e. The second-order valence-corrected chi connectivity index (χ2v) is 6.84. The highest BCUT2D eigenvalue weighted by Crippen LogP contribution is 2.17. The van der Waals surface area contributed by atoms with E-state index >= 15 is 0 Å². The predicted molar refractivity (Wildman–Crippen MR) is 121 cm³/mol. The van der Waals surface area contributed by atoms with Crippen molar-refractivity contribution in [1.82, 2.24) is 5.32 Å². The Morgan fingerprint density at radius 1 is 0.839 bits per heavy atom. The zero-order valence-electron chi connectivity index (χ0n) is 17.6. The molecule has 2 N–H and O–H groups in total. The molecule has 0 aliphatic rings. The molecular formula is C25H24N2O4. The lowest BCUT2D eigenvalue weighted by Crippen LogP contribution is -2.30. The van der Waals surface area contributed by atoms with Gasteiger partial charge in [-0.25, -0.2) is 0 Å². The van der Waals surface area contributed by atoms with E-state index in [4.69, 9.17) is 9.47 Å². The van der Waals surface area contributed by atoms with E-state index < -0.39 is 5.91 Å². The number of amides is 2. The standard InChI is InChI=1S/C25H24N2O4/c1-17-5-4-6-19(15-17)24(28)27-23(16-18-7-11-21(30-2)12-8-18)25(29)26-20-9-13-22(31-3)14-10-20/h4-16H,1-3H3,(H,26,29)(H,27,28)/b23-16-. The van der Waals surface area contributed by atoms with E-state index in [0.717, 1.165) is 11.1 Å². The number of ether oxygens (including phenoxy) is 2. The predicted octanol–water partition coefficient (Wildman–Crippen LogP) is 4.42. The maximum atomic E-state index is 13.0. The van der Waals surface area contributed by atoms with Crippen LogP contribution in [-0.4, -0.2) is 26.0 Å². The molecule has 0 aliphatic heterocycles. The van der Waals surface area contributed by atoms with Crippen molar-refractivity contribution in [3.8, 4) is 11.5 Å². The Kier molecular flexibility index (Phi) is 7.06. The van der Waals surface area contributed by atoms with Crippen LogP contribution in [0.3, 0.4) is 0 Å². The van der Waals surface area contributed by atoms with Crippen LogP contribution in [0.5, 0.6) is 11.5 Å². The summed E-state index contributed by atoms with van der Waals surface area (Å²) < 4.78 is 10.3. The summed E-state index contributed by atoms with van der Waals surface area (Å²) in [5, 5.41) is 5.54. The van der Waals surface area contributed by atoms with E-state index in [0.29, 0.717) is 22.7 Å². The van der Waals surface area contributed by atoms with Crippen LogP contribution in [0.25, 0.3) is 6.08 Å². The molecule has 0 aliphatic carbocycles. The van der Waals surface area contributed by atoms with E-state index in [9.17, 15) is 9.59 Å². The molecule has 0 saturated carbocycles. The molecule has 3 aromatic rings. The fourth-order valence-electron chi connectivity index (χ4n) is 2.88. The Bertz CT molecular complexity index is 1090. The lowest BCUT2D eigenvalue weighted by atomic mass is 10.1. The van der Waals surface area contributed by atoms with Gasteiger partial charge in [0.05, 0.1) is 14.2 Å². The van der Waals surface area contributed by atoms with E-state index in [2.05, 4.69) is 10.6 Å². The molecule has 3 aromatic carbocycles. The van der Waals surface area contributed by atoms with Crippen LogP contribution < -0.4 is 20.1 Å². The van der Waals surface area contributed by atoms with Crippen LogP contribution in [0, 0.1) is 6.92 Å². The molecular weight excluding hydrogens is 392 g/mol. The molecule has 0 spiro atoms. The van der Waals surface area contributed by atoms with Crippen molar-refractivity contribution in [3.63, 3.8) is 0 Å².